The summed E-state index contributed by atoms with van der Waals surface area (Å²) in [4.78, 5) is 10.2. The molecule has 6 heteroatoms. The van der Waals surface area contributed by atoms with Crippen molar-refractivity contribution in [3.63, 3.8) is 0 Å². The van der Waals surface area contributed by atoms with Crippen LogP contribution in [0.15, 0.2) is 53.8 Å². The van der Waals surface area contributed by atoms with Crippen LogP contribution in [0, 0.1) is 24.2 Å². The van der Waals surface area contributed by atoms with Gasteiger partial charge in [0.2, 0.25) is 6.17 Å². The number of nitrogens with zero attached hydrogens (tertiary/aromatic N) is 5. The summed E-state index contributed by atoms with van der Waals surface area (Å²) in [5.74, 6) is 0.951. The smallest absolute Gasteiger partial charge is 0.236 e. The maximum Gasteiger partial charge on any atom is 0.236 e. The van der Waals surface area contributed by atoms with Crippen LogP contribution >= 0.6 is 0 Å². The summed E-state index contributed by atoms with van der Waals surface area (Å²) in [6.45, 7) is 6.57. The highest BCUT2D eigenvalue weighted by Crippen LogP contribution is 2.27. The molecule has 1 aromatic heterocycles. The van der Waals surface area contributed by atoms with E-state index in [4.69, 9.17) is 4.84 Å². The number of aryl methyl sites for hydroxylation is 1. The van der Waals surface area contributed by atoms with Crippen molar-refractivity contribution in [1.29, 1.82) is 5.26 Å². The van der Waals surface area contributed by atoms with Crippen molar-refractivity contribution in [2.45, 2.75) is 26.9 Å². The van der Waals surface area contributed by atoms with E-state index in [0.29, 0.717) is 18.4 Å². The van der Waals surface area contributed by atoms with E-state index in [2.05, 4.69) is 30.0 Å². The van der Waals surface area contributed by atoms with Crippen molar-refractivity contribution in [2.75, 3.05) is 11.6 Å². The Morgan fingerprint density at radius 1 is 1.24 bits per heavy atom. The van der Waals surface area contributed by atoms with Gasteiger partial charge in [-0.05, 0) is 37.1 Å². The molecule has 0 radical (unpaired) electrons. The topological polar surface area (TPSA) is 64.8 Å². The average molecular weight is 335 g/mol. The number of hydroxylamine groups is 2. The Hall–Kier alpha value is -2.91. The molecule has 2 heterocycles. The second-order valence-corrected chi connectivity index (χ2v) is 6.31. The van der Waals surface area contributed by atoms with Gasteiger partial charge in [-0.15, -0.1) is 5.10 Å². The molecule has 0 bridgehead atoms. The van der Waals surface area contributed by atoms with Crippen LogP contribution in [0.3, 0.4) is 0 Å². The largest absolute Gasteiger partial charge is 0.269 e. The molecule has 2 aromatic rings. The van der Waals surface area contributed by atoms with Crippen molar-refractivity contribution in [3.8, 4) is 6.07 Å². The second kappa shape index (κ2) is 7.32. The van der Waals surface area contributed by atoms with Gasteiger partial charge in [-0.25, -0.2) is 5.01 Å². The van der Waals surface area contributed by atoms with Crippen LogP contribution in [-0.4, -0.2) is 28.7 Å². The van der Waals surface area contributed by atoms with Crippen LogP contribution in [0.4, 0.5) is 5.69 Å². The minimum Gasteiger partial charge on any atom is -0.269 e. The molecule has 0 saturated heterocycles. The molecular weight excluding hydrogens is 314 g/mol. The standard InChI is InChI=1S/C19H21N5O/c1-14(2)13-25-24-18(12-20)23(17-7-5-4-6-8-17)22-19(24)16-9-10-21-15(3)11-16/h4-11,14,18H,13H2,1-3H3. The maximum absolute atomic E-state index is 9.75. The van der Waals surface area contributed by atoms with Gasteiger partial charge in [0.1, 0.15) is 6.07 Å². The summed E-state index contributed by atoms with van der Waals surface area (Å²) in [5.41, 5.74) is 2.60. The summed E-state index contributed by atoms with van der Waals surface area (Å²) >= 11 is 0. The summed E-state index contributed by atoms with van der Waals surface area (Å²) in [7, 11) is 0. The molecule has 0 N–H and O–H groups in total. The highest BCUT2D eigenvalue weighted by Gasteiger charge is 2.37. The first-order valence-corrected chi connectivity index (χ1v) is 8.28. The molecule has 25 heavy (non-hydrogen) atoms. The first-order chi connectivity index (χ1) is 12.1. The zero-order valence-corrected chi connectivity index (χ0v) is 14.6. The third-order valence-corrected chi connectivity index (χ3v) is 3.70. The fraction of sp³-hybridized carbons (Fsp3) is 0.316. The number of nitriles is 1. The van der Waals surface area contributed by atoms with Gasteiger partial charge in [0, 0.05) is 17.5 Å². The highest BCUT2D eigenvalue weighted by molar-refractivity contribution is 6.00. The first kappa shape index (κ1) is 16.9. The minimum atomic E-state index is -0.662. The van der Waals surface area contributed by atoms with E-state index in [1.165, 1.54) is 0 Å². The number of benzene rings is 1. The van der Waals surface area contributed by atoms with Crippen molar-refractivity contribution in [2.24, 2.45) is 11.0 Å². The molecule has 0 amide bonds. The Labute approximate surface area is 147 Å². The third-order valence-electron chi connectivity index (χ3n) is 3.70. The molecule has 0 aliphatic carbocycles. The van der Waals surface area contributed by atoms with Crippen LogP contribution < -0.4 is 5.01 Å². The van der Waals surface area contributed by atoms with Gasteiger partial charge in [-0.2, -0.15) is 10.3 Å². The highest BCUT2D eigenvalue weighted by atomic mass is 16.7. The Bertz CT molecular complexity index is 797. The fourth-order valence-corrected chi connectivity index (χ4v) is 2.53. The fourth-order valence-electron chi connectivity index (χ4n) is 2.53. The SMILES string of the molecule is Cc1cc(C2=NN(c3ccccc3)C(C#N)N2OCC(C)C)ccn1. The number of hydrogen-bond donors (Lipinski definition) is 0. The molecule has 1 unspecified atom stereocenters. The van der Waals surface area contributed by atoms with Crippen molar-refractivity contribution in [3.05, 3.63) is 59.9 Å². The normalized spacial score (nSPS) is 16.9. The number of anilines is 1. The van der Waals surface area contributed by atoms with Crippen LogP contribution in [-0.2, 0) is 4.84 Å². The lowest BCUT2D eigenvalue weighted by Gasteiger charge is -2.26. The lowest BCUT2D eigenvalue weighted by atomic mass is 10.2. The van der Waals surface area contributed by atoms with E-state index >= 15 is 0 Å². The number of hydrazone groups is 1. The molecule has 128 valence electrons. The zero-order chi connectivity index (χ0) is 17.8. The molecule has 1 aromatic carbocycles. The van der Waals surface area contributed by atoms with Gasteiger partial charge >= 0.3 is 0 Å². The lowest BCUT2D eigenvalue weighted by molar-refractivity contribution is -0.117. The monoisotopic (exact) mass is 335 g/mol. The molecule has 0 saturated carbocycles. The Morgan fingerprint density at radius 2 is 2.00 bits per heavy atom. The predicted octanol–water partition coefficient (Wildman–Crippen LogP) is 3.31. The van der Waals surface area contributed by atoms with Crippen molar-refractivity contribution < 1.29 is 4.84 Å². The molecule has 3 rings (SSSR count). The molecule has 0 fully saturated rings. The van der Waals surface area contributed by atoms with Gasteiger partial charge in [-0.3, -0.25) is 9.82 Å². The maximum atomic E-state index is 9.75. The molecular formula is C19H21N5O. The number of para-hydroxylation sites is 1. The number of amidine groups is 1. The van der Waals surface area contributed by atoms with Crippen LogP contribution in [0.5, 0.6) is 0 Å². The van der Waals surface area contributed by atoms with Gasteiger partial charge in [0.25, 0.3) is 0 Å². The Balaban J connectivity index is 2.02. The van der Waals surface area contributed by atoms with E-state index in [-0.39, 0.29) is 0 Å². The number of rotatable bonds is 5. The number of pyridine rings is 1. The summed E-state index contributed by atoms with van der Waals surface area (Å²) < 4.78 is 0. The minimum absolute atomic E-state index is 0.338. The predicted molar refractivity (Wildman–Crippen MR) is 96.5 cm³/mol. The van der Waals surface area contributed by atoms with Gasteiger partial charge in [0.15, 0.2) is 5.84 Å². The lowest BCUT2D eigenvalue weighted by Crippen LogP contribution is -2.42. The molecule has 0 spiro atoms. The summed E-state index contributed by atoms with van der Waals surface area (Å²) in [6, 6.07) is 15.7. The second-order valence-electron chi connectivity index (χ2n) is 6.31. The number of aromatic nitrogens is 1. The number of hydrogen-bond acceptors (Lipinski definition) is 6. The van der Waals surface area contributed by atoms with E-state index in [1.54, 1.807) is 16.3 Å². The molecule has 6 nitrogen and oxygen atoms in total. The first-order valence-electron chi connectivity index (χ1n) is 8.28. The molecule has 1 aliphatic heterocycles. The van der Waals surface area contributed by atoms with Crippen LogP contribution in [0.2, 0.25) is 0 Å². The van der Waals surface area contributed by atoms with Crippen LogP contribution in [0.25, 0.3) is 0 Å². The van der Waals surface area contributed by atoms with E-state index in [9.17, 15) is 5.26 Å². The van der Waals surface area contributed by atoms with E-state index < -0.39 is 6.17 Å². The van der Waals surface area contributed by atoms with Crippen molar-refractivity contribution >= 4 is 11.5 Å². The van der Waals surface area contributed by atoms with Gasteiger partial charge in [-0.1, -0.05) is 32.0 Å². The third kappa shape index (κ3) is 3.62. The zero-order valence-electron chi connectivity index (χ0n) is 14.6. The van der Waals surface area contributed by atoms with Gasteiger partial charge < -0.3 is 0 Å². The quantitative estimate of drug-likeness (QED) is 0.839. The van der Waals surface area contributed by atoms with E-state index in [1.807, 2.05) is 49.4 Å². The van der Waals surface area contributed by atoms with Gasteiger partial charge in [0.05, 0.1) is 12.3 Å². The Morgan fingerprint density at radius 3 is 2.64 bits per heavy atom. The van der Waals surface area contributed by atoms with E-state index in [0.717, 1.165) is 16.9 Å². The van der Waals surface area contributed by atoms with Crippen molar-refractivity contribution in [1.82, 2.24) is 10.0 Å². The molecule has 1 aliphatic rings. The summed E-state index contributed by atoms with van der Waals surface area (Å²) in [6.07, 6.45) is 1.07. The molecule has 1 atom stereocenters. The Kier molecular flexibility index (Phi) is 4.96. The van der Waals surface area contributed by atoms with Crippen LogP contribution in [0.1, 0.15) is 25.1 Å². The average Bonchev–Trinajstić information content (AvgIpc) is 2.99. The summed E-state index contributed by atoms with van der Waals surface area (Å²) in [5, 5.41) is 17.7.